The van der Waals surface area contributed by atoms with Crippen LogP contribution in [-0.4, -0.2) is 5.54 Å². The lowest BCUT2D eigenvalue weighted by atomic mass is 9.95. The summed E-state index contributed by atoms with van der Waals surface area (Å²) in [4.78, 5) is 0. The van der Waals surface area contributed by atoms with E-state index in [4.69, 9.17) is 5.73 Å². The largest absolute Gasteiger partial charge is 0.325 e. The Morgan fingerprint density at radius 2 is 1.71 bits per heavy atom. The van der Waals surface area contributed by atoms with Crippen molar-refractivity contribution in [2.24, 2.45) is 5.73 Å². The Morgan fingerprint density at radius 3 is 2.29 bits per heavy atom. The van der Waals surface area contributed by atoms with E-state index in [1.807, 2.05) is 0 Å². The molecular weight excluding hydrogens is 206 g/mol. The first-order valence-electron chi connectivity index (χ1n) is 7.13. The van der Waals surface area contributed by atoms with Gasteiger partial charge in [0, 0.05) is 5.54 Å². The molecular formula is C16H23N. The zero-order chi connectivity index (χ0) is 11.7. The summed E-state index contributed by atoms with van der Waals surface area (Å²) in [5.41, 5.74) is 9.34. The SMILES string of the molecule is NC1(CCc2ccc(C3CCCC3)cc2)CC1. The number of aryl methyl sites for hydroxylation is 1. The normalized spacial score (nSPS) is 22.9. The molecule has 1 heteroatoms. The molecule has 3 rings (SSSR count). The number of hydrogen-bond donors (Lipinski definition) is 1. The summed E-state index contributed by atoms with van der Waals surface area (Å²) in [6.07, 6.45) is 10.4. The average Bonchev–Trinajstić information content (AvgIpc) is 2.89. The van der Waals surface area contributed by atoms with Gasteiger partial charge >= 0.3 is 0 Å². The van der Waals surface area contributed by atoms with Crippen molar-refractivity contribution in [3.63, 3.8) is 0 Å². The minimum Gasteiger partial charge on any atom is -0.325 e. The first-order chi connectivity index (χ1) is 8.25. The number of benzene rings is 1. The molecule has 2 saturated carbocycles. The molecule has 1 nitrogen and oxygen atoms in total. The smallest absolute Gasteiger partial charge is 0.0158 e. The molecule has 0 saturated heterocycles. The number of rotatable bonds is 4. The minimum absolute atomic E-state index is 0.199. The standard InChI is InChI=1S/C16H23N/c17-16(11-12-16)10-9-13-5-7-15(8-6-13)14-3-1-2-4-14/h5-8,14H,1-4,9-12,17H2. The molecule has 0 amide bonds. The van der Waals surface area contributed by atoms with Gasteiger partial charge in [-0.3, -0.25) is 0 Å². The van der Waals surface area contributed by atoms with Crippen LogP contribution in [0.15, 0.2) is 24.3 Å². The fourth-order valence-electron chi connectivity index (χ4n) is 3.02. The molecule has 92 valence electrons. The quantitative estimate of drug-likeness (QED) is 0.835. The van der Waals surface area contributed by atoms with Crippen LogP contribution in [0.2, 0.25) is 0 Å². The Bertz CT molecular complexity index is 369. The van der Waals surface area contributed by atoms with Crippen molar-refractivity contribution >= 4 is 0 Å². The summed E-state index contributed by atoms with van der Waals surface area (Å²) in [5, 5.41) is 0. The van der Waals surface area contributed by atoms with Gasteiger partial charge in [0.25, 0.3) is 0 Å². The highest BCUT2D eigenvalue weighted by Crippen LogP contribution is 2.37. The minimum atomic E-state index is 0.199. The van der Waals surface area contributed by atoms with Crippen molar-refractivity contribution in [3.8, 4) is 0 Å². The van der Waals surface area contributed by atoms with Crippen LogP contribution in [-0.2, 0) is 6.42 Å². The van der Waals surface area contributed by atoms with E-state index in [0.717, 1.165) is 18.8 Å². The average molecular weight is 229 g/mol. The topological polar surface area (TPSA) is 26.0 Å². The molecule has 0 unspecified atom stereocenters. The van der Waals surface area contributed by atoms with Gasteiger partial charge in [-0.25, -0.2) is 0 Å². The van der Waals surface area contributed by atoms with E-state index >= 15 is 0 Å². The van der Waals surface area contributed by atoms with Gasteiger partial charge in [0.05, 0.1) is 0 Å². The molecule has 17 heavy (non-hydrogen) atoms. The van der Waals surface area contributed by atoms with Crippen molar-refractivity contribution < 1.29 is 0 Å². The second-order valence-electron chi connectivity index (χ2n) is 6.09. The Hall–Kier alpha value is -0.820. The van der Waals surface area contributed by atoms with Crippen molar-refractivity contribution in [3.05, 3.63) is 35.4 Å². The number of nitrogens with two attached hydrogens (primary N) is 1. The van der Waals surface area contributed by atoms with E-state index in [2.05, 4.69) is 24.3 Å². The predicted octanol–water partition coefficient (Wildman–Crippen LogP) is 3.77. The predicted molar refractivity (Wildman–Crippen MR) is 72.1 cm³/mol. The van der Waals surface area contributed by atoms with Gasteiger partial charge in [-0.1, -0.05) is 37.1 Å². The fraction of sp³-hybridized carbons (Fsp3) is 0.625. The maximum Gasteiger partial charge on any atom is 0.0158 e. The highest BCUT2D eigenvalue weighted by Gasteiger charge is 2.37. The molecule has 0 aliphatic heterocycles. The van der Waals surface area contributed by atoms with Crippen LogP contribution in [0.1, 0.15) is 62.0 Å². The van der Waals surface area contributed by atoms with E-state index in [9.17, 15) is 0 Å². The lowest BCUT2D eigenvalue weighted by molar-refractivity contribution is 0.609. The molecule has 0 bridgehead atoms. The number of hydrogen-bond acceptors (Lipinski definition) is 1. The van der Waals surface area contributed by atoms with Gasteiger partial charge in [-0.2, -0.15) is 0 Å². The van der Waals surface area contributed by atoms with E-state index in [-0.39, 0.29) is 5.54 Å². The van der Waals surface area contributed by atoms with Crippen molar-refractivity contribution in [2.45, 2.75) is 62.8 Å². The highest BCUT2D eigenvalue weighted by atomic mass is 14.8. The lowest BCUT2D eigenvalue weighted by Crippen LogP contribution is -2.22. The van der Waals surface area contributed by atoms with Gasteiger partial charge in [-0.15, -0.1) is 0 Å². The third-order valence-electron chi connectivity index (χ3n) is 4.61. The van der Waals surface area contributed by atoms with Crippen LogP contribution in [0.3, 0.4) is 0 Å². The summed E-state index contributed by atoms with van der Waals surface area (Å²) in [6, 6.07) is 9.33. The van der Waals surface area contributed by atoms with Gasteiger partial charge in [0.2, 0.25) is 0 Å². The van der Waals surface area contributed by atoms with Gasteiger partial charge in [-0.05, 0) is 55.6 Å². The van der Waals surface area contributed by atoms with Crippen molar-refractivity contribution in [1.29, 1.82) is 0 Å². The Kier molecular flexibility index (Phi) is 2.96. The first-order valence-corrected chi connectivity index (χ1v) is 7.13. The molecule has 1 aromatic carbocycles. The van der Waals surface area contributed by atoms with Crippen LogP contribution in [0, 0.1) is 0 Å². The maximum atomic E-state index is 6.12. The third-order valence-corrected chi connectivity index (χ3v) is 4.61. The van der Waals surface area contributed by atoms with Gasteiger partial charge < -0.3 is 5.73 Å². The zero-order valence-corrected chi connectivity index (χ0v) is 10.6. The summed E-state index contributed by atoms with van der Waals surface area (Å²) < 4.78 is 0. The summed E-state index contributed by atoms with van der Waals surface area (Å²) in [7, 11) is 0. The second-order valence-corrected chi connectivity index (χ2v) is 6.09. The molecule has 2 fully saturated rings. The van der Waals surface area contributed by atoms with Crippen molar-refractivity contribution in [1.82, 2.24) is 0 Å². The Balaban J connectivity index is 1.59. The summed E-state index contributed by atoms with van der Waals surface area (Å²) in [5.74, 6) is 0.841. The summed E-state index contributed by atoms with van der Waals surface area (Å²) in [6.45, 7) is 0. The molecule has 0 atom stereocenters. The van der Waals surface area contributed by atoms with Crippen LogP contribution >= 0.6 is 0 Å². The summed E-state index contributed by atoms with van der Waals surface area (Å²) >= 11 is 0. The van der Waals surface area contributed by atoms with E-state index < -0.39 is 0 Å². The van der Waals surface area contributed by atoms with Gasteiger partial charge in [0.1, 0.15) is 0 Å². The molecule has 0 aromatic heterocycles. The van der Waals surface area contributed by atoms with Crippen LogP contribution in [0.4, 0.5) is 0 Å². The van der Waals surface area contributed by atoms with E-state index in [1.54, 1.807) is 5.56 Å². The van der Waals surface area contributed by atoms with Gasteiger partial charge in [0.15, 0.2) is 0 Å². The monoisotopic (exact) mass is 229 g/mol. The second kappa shape index (κ2) is 4.45. The fourth-order valence-corrected chi connectivity index (χ4v) is 3.02. The molecule has 2 aliphatic carbocycles. The third kappa shape index (κ3) is 2.71. The molecule has 0 spiro atoms. The van der Waals surface area contributed by atoms with E-state index in [0.29, 0.717) is 0 Å². The van der Waals surface area contributed by atoms with E-state index in [1.165, 1.54) is 44.1 Å². The van der Waals surface area contributed by atoms with Crippen LogP contribution in [0.25, 0.3) is 0 Å². The molecule has 1 aromatic rings. The maximum absolute atomic E-state index is 6.12. The molecule has 2 aliphatic rings. The van der Waals surface area contributed by atoms with Crippen LogP contribution in [0.5, 0.6) is 0 Å². The van der Waals surface area contributed by atoms with Crippen molar-refractivity contribution in [2.75, 3.05) is 0 Å². The molecule has 0 radical (unpaired) electrons. The Morgan fingerprint density at radius 1 is 1.06 bits per heavy atom. The lowest BCUT2D eigenvalue weighted by Gasteiger charge is -2.11. The highest BCUT2D eigenvalue weighted by molar-refractivity contribution is 5.26. The molecule has 2 N–H and O–H groups in total. The molecule has 0 heterocycles. The Labute approximate surface area is 104 Å². The van der Waals surface area contributed by atoms with Crippen LogP contribution < -0.4 is 5.73 Å². The first kappa shape index (κ1) is 11.3. The zero-order valence-electron chi connectivity index (χ0n) is 10.6.